The molecule has 32 heavy (non-hydrogen) atoms. The van der Waals surface area contributed by atoms with E-state index in [1.807, 2.05) is 6.92 Å². The summed E-state index contributed by atoms with van der Waals surface area (Å²) < 4.78 is 27.9. The minimum atomic E-state index is -3.60. The van der Waals surface area contributed by atoms with Gasteiger partial charge >= 0.3 is 0 Å². The molecule has 0 spiro atoms. The van der Waals surface area contributed by atoms with E-state index >= 15 is 0 Å². The lowest BCUT2D eigenvalue weighted by Gasteiger charge is -2.34. The molecular weight excluding hydrogens is 446 g/mol. The second-order valence-corrected chi connectivity index (χ2v) is 11.4. The van der Waals surface area contributed by atoms with Crippen molar-refractivity contribution in [3.05, 3.63) is 45.8 Å². The van der Waals surface area contributed by atoms with Gasteiger partial charge in [0, 0.05) is 23.0 Å². The van der Waals surface area contributed by atoms with Crippen LogP contribution in [0.3, 0.4) is 0 Å². The SMILES string of the molecule is CCC1CCCCN1S(=O)(=O)c1ccc(C(=O)Nc2sc3c(c2C(N)=O)CCCC3)cc1. The molecule has 0 radical (unpaired) electrons. The number of piperidine rings is 1. The average molecular weight is 476 g/mol. The molecule has 0 bridgehead atoms. The molecule has 3 N–H and O–H groups in total. The monoisotopic (exact) mass is 475 g/mol. The molecule has 7 nitrogen and oxygen atoms in total. The maximum Gasteiger partial charge on any atom is 0.256 e. The number of fused-ring (bicyclic) bond motifs is 1. The van der Waals surface area contributed by atoms with E-state index in [1.54, 1.807) is 4.31 Å². The largest absolute Gasteiger partial charge is 0.365 e. The first-order chi connectivity index (χ1) is 15.3. The van der Waals surface area contributed by atoms with Gasteiger partial charge in [0.1, 0.15) is 5.00 Å². The van der Waals surface area contributed by atoms with Crippen molar-refractivity contribution < 1.29 is 18.0 Å². The summed E-state index contributed by atoms with van der Waals surface area (Å²) in [5.41, 5.74) is 7.30. The number of hydrogen-bond acceptors (Lipinski definition) is 5. The Morgan fingerprint density at radius 3 is 2.53 bits per heavy atom. The molecule has 1 atom stereocenters. The topological polar surface area (TPSA) is 110 Å². The smallest absolute Gasteiger partial charge is 0.256 e. The number of carbonyl (C=O) groups is 2. The zero-order chi connectivity index (χ0) is 22.9. The summed E-state index contributed by atoms with van der Waals surface area (Å²) >= 11 is 1.41. The Hall–Kier alpha value is -2.23. The van der Waals surface area contributed by atoms with Gasteiger partial charge in [0.25, 0.3) is 11.8 Å². The van der Waals surface area contributed by atoms with Crippen molar-refractivity contribution in [1.29, 1.82) is 0 Å². The standard InChI is InChI=1S/C23H29N3O4S2/c1-2-16-7-5-6-14-26(16)32(29,30)17-12-10-15(11-13-17)22(28)25-23-20(21(24)27)18-8-3-4-9-19(18)31-23/h10-13,16H,2-9,14H2,1H3,(H2,24,27)(H,25,28). The summed E-state index contributed by atoms with van der Waals surface area (Å²) in [7, 11) is -3.60. The summed E-state index contributed by atoms with van der Waals surface area (Å²) in [5.74, 6) is -0.924. The molecule has 2 aromatic rings. The van der Waals surface area contributed by atoms with Crippen molar-refractivity contribution in [3.63, 3.8) is 0 Å². The van der Waals surface area contributed by atoms with Crippen molar-refractivity contribution in [2.75, 3.05) is 11.9 Å². The van der Waals surface area contributed by atoms with Crippen LogP contribution in [0.25, 0.3) is 0 Å². The highest BCUT2D eigenvalue weighted by atomic mass is 32.2. The third-order valence-electron chi connectivity index (χ3n) is 6.41. The van der Waals surface area contributed by atoms with Gasteiger partial charge in [-0.25, -0.2) is 8.42 Å². The summed E-state index contributed by atoms with van der Waals surface area (Å²) in [6.45, 7) is 2.54. The van der Waals surface area contributed by atoms with Crippen molar-refractivity contribution >= 4 is 38.2 Å². The average Bonchev–Trinajstić information content (AvgIpc) is 3.17. The molecule has 172 valence electrons. The Bertz CT molecular complexity index is 1120. The summed E-state index contributed by atoms with van der Waals surface area (Å²) in [6, 6.07) is 6.03. The number of hydrogen-bond donors (Lipinski definition) is 2. The number of thiophene rings is 1. The first-order valence-corrected chi connectivity index (χ1v) is 13.5. The molecule has 1 saturated heterocycles. The molecule has 9 heteroatoms. The highest BCUT2D eigenvalue weighted by Gasteiger charge is 2.32. The summed E-state index contributed by atoms with van der Waals surface area (Å²) in [6.07, 6.45) is 7.32. The predicted molar refractivity (Wildman–Crippen MR) is 126 cm³/mol. The van der Waals surface area contributed by atoms with Gasteiger partial charge in [-0.15, -0.1) is 11.3 Å². The van der Waals surface area contributed by atoms with E-state index in [0.717, 1.165) is 61.8 Å². The third-order valence-corrected chi connectivity index (χ3v) is 9.59. The maximum absolute atomic E-state index is 13.1. The molecule has 1 aliphatic carbocycles. The van der Waals surface area contributed by atoms with E-state index in [9.17, 15) is 18.0 Å². The lowest BCUT2D eigenvalue weighted by atomic mass is 9.95. The highest BCUT2D eigenvalue weighted by molar-refractivity contribution is 7.89. The molecular formula is C23H29N3O4S2. The number of nitrogens with zero attached hydrogens (tertiary/aromatic N) is 1. The molecule has 4 rings (SSSR count). The Morgan fingerprint density at radius 1 is 1.12 bits per heavy atom. The van der Waals surface area contributed by atoms with Crippen molar-refractivity contribution in [2.45, 2.75) is 69.2 Å². The molecule has 1 aliphatic heterocycles. The van der Waals surface area contributed by atoms with Gasteiger partial charge in [-0.05, 0) is 74.8 Å². The first kappa shape index (κ1) is 22.9. The fraction of sp³-hybridized carbons (Fsp3) is 0.478. The van der Waals surface area contributed by atoms with Crippen LogP contribution in [0.2, 0.25) is 0 Å². The second-order valence-electron chi connectivity index (χ2n) is 8.43. The molecule has 1 fully saturated rings. The van der Waals surface area contributed by atoms with Crippen molar-refractivity contribution in [2.24, 2.45) is 5.73 Å². The van der Waals surface area contributed by atoms with Crippen LogP contribution in [0.15, 0.2) is 29.2 Å². The van der Waals surface area contributed by atoms with Gasteiger partial charge in [0.05, 0.1) is 10.5 Å². The van der Waals surface area contributed by atoms with Crippen LogP contribution < -0.4 is 11.1 Å². The third kappa shape index (κ3) is 4.33. The Kier molecular flexibility index (Phi) is 6.69. The van der Waals surface area contributed by atoms with Gasteiger partial charge in [-0.3, -0.25) is 9.59 Å². The molecule has 1 aromatic heterocycles. The van der Waals surface area contributed by atoms with E-state index in [1.165, 1.54) is 35.6 Å². The lowest BCUT2D eigenvalue weighted by Crippen LogP contribution is -2.43. The zero-order valence-electron chi connectivity index (χ0n) is 18.2. The van der Waals surface area contributed by atoms with E-state index < -0.39 is 15.9 Å². The predicted octanol–water partition coefficient (Wildman–Crippen LogP) is 3.93. The molecule has 2 heterocycles. The number of nitrogens with one attached hydrogen (secondary N) is 1. The Morgan fingerprint density at radius 2 is 1.84 bits per heavy atom. The van der Waals surface area contributed by atoms with Gasteiger partial charge in [-0.2, -0.15) is 4.31 Å². The fourth-order valence-electron chi connectivity index (χ4n) is 4.70. The van der Waals surface area contributed by atoms with Crippen LogP contribution in [0.4, 0.5) is 5.00 Å². The van der Waals surface area contributed by atoms with Crippen LogP contribution in [0, 0.1) is 0 Å². The quantitative estimate of drug-likeness (QED) is 0.659. The van der Waals surface area contributed by atoms with Gasteiger partial charge in [0.2, 0.25) is 10.0 Å². The van der Waals surface area contributed by atoms with Gasteiger partial charge in [-0.1, -0.05) is 13.3 Å². The Labute approximate surface area is 193 Å². The fourth-order valence-corrected chi connectivity index (χ4v) is 7.76. The molecule has 0 saturated carbocycles. The number of sulfonamides is 1. The van der Waals surface area contributed by atoms with Gasteiger partial charge < -0.3 is 11.1 Å². The number of anilines is 1. The molecule has 1 unspecified atom stereocenters. The number of rotatable bonds is 6. The minimum Gasteiger partial charge on any atom is -0.365 e. The van der Waals surface area contributed by atoms with Crippen LogP contribution in [-0.4, -0.2) is 37.1 Å². The van der Waals surface area contributed by atoms with Gasteiger partial charge in [0.15, 0.2) is 0 Å². The number of aryl methyl sites for hydroxylation is 1. The number of nitrogens with two attached hydrogens (primary N) is 1. The second kappa shape index (κ2) is 9.33. The highest BCUT2D eigenvalue weighted by Crippen LogP contribution is 2.38. The lowest BCUT2D eigenvalue weighted by molar-refractivity contribution is 0.100. The van der Waals surface area contributed by atoms with E-state index in [4.69, 9.17) is 5.73 Å². The number of carbonyl (C=O) groups excluding carboxylic acids is 2. The van der Waals surface area contributed by atoms with E-state index in [0.29, 0.717) is 22.7 Å². The summed E-state index contributed by atoms with van der Waals surface area (Å²) in [5, 5.41) is 3.30. The number of amides is 2. The minimum absolute atomic E-state index is 0.0220. The summed E-state index contributed by atoms with van der Waals surface area (Å²) in [4.78, 5) is 26.2. The first-order valence-electron chi connectivity index (χ1n) is 11.2. The number of primary amides is 1. The van der Waals surface area contributed by atoms with E-state index in [2.05, 4.69) is 5.32 Å². The van der Waals surface area contributed by atoms with E-state index in [-0.39, 0.29) is 16.8 Å². The molecule has 2 amide bonds. The van der Waals surface area contributed by atoms with Crippen LogP contribution in [0.1, 0.15) is 76.6 Å². The van der Waals surface area contributed by atoms with Crippen LogP contribution in [0.5, 0.6) is 0 Å². The maximum atomic E-state index is 13.1. The van der Waals surface area contributed by atoms with Crippen LogP contribution in [-0.2, 0) is 22.9 Å². The zero-order valence-corrected chi connectivity index (χ0v) is 19.9. The molecule has 2 aliphatic rings. The molecule has 1 aromatic carbocycles. The van der Waals surface area contributed by atoms with Crippen molar-refractivity contribution in [3.8, 4) is 0 Å². The van der Waals surface area contributed by atoms with Crippen molar-refractivity contribution in [1.82, 2.24) is 4.31 Å². The number of benzene rings is 1. The Balaban J connectivity index is 1.54. The van der Waals surface area contributed by atoms with Crippen LogP contribution >= 0.6 is 11.3 Å². The normalized spacial score (nSPS) is 19.3.